The Hall–Kier alpha value is -1.17. The molecule has 0 aliphatic carbocycles. The van der Waals surface area contributed by atoms with Crippen molar-refractivity contribution in [3.05, 3.63) is 29.8 Å². The van der Waals surface area contributed by atoms with Gasteiger partial charge in [0, 0.05) is 6.61 Å². The third-order valence-corrected chi connectivity index (χ3v) is 2.76. The van der Waals surface area contributed by atoms with E-state index in [9.17, 15) is 0 Å². The highest BCUT2D eigenvalue weighted by Gasteiger charge is 2.16. The van der Waals surface area contributed by atoms with Gasteiger partial charge in [0.25, 0.3) is 0 Å². The molecule has 0 N–H and O–H groups in total. The summed E-state index contributed by atoms with van der Waals surface area (Å²) in [5.41, 5.74) is 0.881. The van der Waals surface area contributed by atoms with E-state index < -0.39 is 0 Å². The number of para-hydroxylation sites is 1. The van der Waals surface area contributed by atoms with Crippen LogP contribution in [0.1, 0.15) is 18.4 Å². The number of alkyl halides is 1. The maximum absolute atomic E-state index is 5.75. The Balaban J connectivity index is 1.98. The minimum absolute atomic E-state index is 0.226. The fourth-order valence-electron chi connectivity index (χ4n) is 1.78. The smallest absolute Gasteiger partial charge is 0.135 e. The highest BCUT2D eigenvalue weighted by atomic mass is 35.5. The Labute approximate surface area is 107 Å². The summed E-state index contributed by atoms with van der Waals surface area (Å²) in [5.74, 6) is 6.97. The Bertz CT molecular complexity index is 414. The summed E-state index contributed by atoms with van der Waals surface area (Å²) in [7, 11) is 0. The maximum atomic E-state index is 5.75. The van der Waals surface area contributed by atoms with Crippen LogP contribution in [0.2, 0.25) is 0 Å². The molecule has 1 heterocycles. The molecule has 0 aromatic heterocycles. The van der Waals surface area contributed by atoms with Crippen LogP contribution in [0.25, 0.3) is 0 Å². The van der Waals surface area contributed by atoms with Gasteiger partial charge in [-0.15, -0.1) is 11.6 Å². The molecule has 0 bridgehead atoms. The average molecular weight is 251 g/mol. The zero-order valence-electron chi connectivity index (χ0n) is 9.62. The summed E-state index contributed by atoms with van der Waals surface area (Å²) in [6.45, 7) is 1.45. The molecule has 1 aromatic carbocycles. The standard InChI is InChI=1S/C14H15ClO2/c15-9-3-6-12-5-1-2-8-14(12)17-11-13-7-4-10-16-13/h1-2,5,8,13H,4,7,9-11H2. The zero-order chi connectivity index (χ0) is 11.9. The lowest BCUT2D eigenvalue weighted by atomic mass is 10.2. The van der Waals surface area contributed by atoms with Gasteiger partial charge in [0.15, 0.2) is 0 Å². The second-order valence-corrected chi connectivity index (χ2v) is 4.14. The van der Waals surface area contributed by atoms with Crippen LogP contribution >= 0.6 is 11.6 Å². The topological polar surface area (TPSA) is 18.5 Å². The van der Waals surface area contributed by atoms with Crippen LogP contribution in [0.4, 0.5) is 0 Å². The Kier molecular flexibility index (Phi) is 4.73. The van der Waals surface area contributed by atoms with Crippen molar-refractivity contribution in [3.8, 4) is 17.6 Å². The fourth-order valence-corrected chi connectivity index (χ4v) is 1.85. The number of hydrogen-bond donors (Lipinski definition) is 0. The molecule has 1 aliphatic rings. The summed E-state index contributed by atoms with van der Waals surface area (Å²) >= 11 is 5.55. The van der Waals surface area contributed by atoms with Crippen LogP contribution in [-0.2, 0) is 4.74 Å². The van der Waals surface area contributed by atoms with Crippen LogP contribution in [0.5, 0.6) is 5.75 Å². The molecule has 17 heavy (non-hydrogen) atoms. The zero-order valence-corrected chi connectivity index (χ0v) is 10.4. The quantitative estimate of drug-likeness (QED) is 0.607. The van der Waals surface area contributed by atoms with Gasteiger partial charge in [-0.2, -0.15) is 0 Å². The minimum Gasteiger partial charge on any atom is -0.490 e. The molecule has 0 saturated carbocycles. The molecule has 1 aliphatic heterocycles. The molecule has 0 radical (unpaired) electrons. The van der Waals surface area contributed by atoms with Crippen LogP contribution in [0, 0.1) is 11.8 Å². The number of halogens is 1. The molecule has 1 saturated heterocycles. The van der Waals surface area contributed by atoms with Crippen molar-refractivity contribution < 1.29 is 9.47 Å². The number of rotatable bonds is 3. The Morgan fingerprint density at radius 3 is 3.06 bits per heavy atom. The van der Waals surface area contributed by atoms with Crippen LogP contribution in [0.15, 0.2) is 24.3 Å². The van der Waals surface area contributed by atoms with E-state index in [0.29, 0.717) is 12.5 Å². The predicted molar refractivity (Wildman–Crippen MR) is 68.5 cm³/mol. The third kappa shape index (κ3) is 3.66. The average Bonchev–Trinajstić information content (AvgIpc) is 2.88. The largest absolute Gasteiger partial charge is 0.490 e. The summed E-state index contributed by atoms with van der Waals surface area (Å²) in [6.07, 6.45) is 2.43. The highest BCUT2D eigenvalue weighted by molar-refractivity contribution is 6.19. The highest BCUT2D eigenvalue weighted by Crippen LogP contribution is 2.19. The SMILES string of the molecule is ClCC#Cc1ccccc1OCC1CCCO1. The fraction of sp³-hybridized carbons (Fsp3) is 0.429. The monoisotopic (exact) mass is 250 g/mol. The van der Waals surface area contributed by atoms with Crippen molar-refractivity contribution in [3.63, 3.8) is 0 Å². The van der Waals surface area contributed by atoms with Crippen LogP contribution in [-0.4, -0.2) is 25.2 Å². The van der Waals surface area contributed by atoms with E-state index in [-0.39, 0.29) is 6.10 Å². The molecule has 1 unspecified atom stereocenters. The van der Waals surface area contributed by atoms with Gasteiger partial charge < -0.3 is 9.47 Å². The van der Waals surface area contributed by atoms with Gasteiger partial charge in [0.1, 0.15) is 12.4 Å². The van der Waals surface area contributed by atoms with Crippen molar-refractivity contribution in [2.45, 2.75) is 18.9 Å². The molecule has 90 valence electrons. The maximum Gasteiger partial charge on any atom is 0.135 e. The van der Waals surface area contributed by atoms with E-state index in [1.165, 1.54) is 0 Å². The van der Waals surface area contributed by atoms with Gasteiger partial charge in [-0.1, -0.05) is 24.0 Å². The molecule has 0 spiro atoms. The first-order valence-corrected chi connectivity index (χ1v) is 6.32. The second kappa shape index (κ2) is 6.54. The second-order valence-electron chi connectivity index (χ2n) is 3.88. The van der Waals surface area contributed by atoms with Gasteiger partial charge in [0.05, 0.1) is 17.5 Å². The molecule has 0 amide bonds. The molecule has 3 heteroatoms. The molecular weight excluding hydrogens is 236 g/mol. The van der Waals surface area contributed by atoms with Gasteiger partial charge in [0.2, 0.25) is 0 Å². The first-order valence-electron chi connectivity index (χ1n) is 5.78. The minimum atomic E-state index is 0.226. The lowest BCUT2D eigenvalue weighted by Crippen LogP contribution is -2.16. The van der Waals surface area contributed by atoms with Crippen LogP contribution in [0.3, 0.4) is 0 Å². The van der Waals surface area contributed by atoms with Crippen molar-refractivity contribution in [1.82, 2.24) is 0 Å². The molecular formula is C14H15ClO2. The van der Waals surface area contributed by atoms with E-state index in [2.05, 4.69) is 11.8 Å². The van der Waals surface area contributed by atoms with E-state index in [0.717, 1.165) is 30.8 Å². The normalized spacial score (nSPS) is 18.5. The van der Waals surface area contributed by atoms with Gasteiger partial charge >= 0.3 is 0 Å². The van der Waals surface area contributed by atoms with Crippen LogP contribution < -0.4 is 4.74 Å². The summed E-state index contributed by atoms with van der Waals surface area (Å²) in [6, 6.07) is 7.74. The summed E-state index contributed by atoms with van der Waals surface area (Å²) in [4.78, 5) is 0. The van der Waals surface area contributed by atoms with E-state index >= 15 is 0 Å². The van der Waals surface area contributed by atoms with E-state index in [4.69, 9.17) is 21.1 Å². The van der Waals surface area contributed by atoms with Crippen molar-refractivity contribution in [1.29, 1.82) is 0 Å². The molecule has 2 rings (SSSR count). The predicted octanol–water partition coefficient (Wildman–Crippen LogP) is 2.83. The molecule has 1 atom stereocenters. The number of benzene rings is 1. The molecule has 2 nitrogen and oxygen atoms in total. The Morgan fingerprint density at radius 1 is 1.41 bits per heavy atom. The summed E-state index contributed by atoms with van der Waals surface area (Å²) in [5, 5.41) is 0. The van der Waals surface area contributed by atoms with E-state index in [1.807, 2.05) is 24.3 Å². The number of hydrogen-bond acceptors (Lipinski definition) is 2. The first-order chi connectivity index (χ1) is 8.40. The van der Waals surface area contributed by atoms with E-state index in [1.54, 1.807) is 0 Å². The lowest BCUT2D eigenvalue weighted by Gasteiger charge is -2.12. The molecule has 1 fully saturated rings. The van der Waals surface area contributed by atoms with Gasteiger partial charge in [-0.3, -0.25) is 0 Å². The summed E-state index contributed by atoms with van der Waals surface area (Å²) < 4.78 is 11.3. The van der Waals surface area contributed by atoms with Crippen molar-refractivity contribution in [2.75, 3.05) is 19.1 Å². The van der Waals surface area contributed by atoms with Crippen molar-refractivity contribution >= 4 is 11.6 Å². The van der Waals surface area contributed by atoms with Crippen molar-refractivity contribution in [2.24, 2.45) is 0 Å². The lowest BCUT2D eigenvalue weighted by molar-refractivity contribution is 0.0678. The first kappa shape index (κ1) is 12.3. The molecule has 1 aromatic rings. The van der Waals surface area contributed by atoms with Gasteiger partial charge in [-0.05, 0) is 25.0 Å². The number of ether oxygens (including phenoxy) is 2. The third-order valence-electron chi connectivity index (χ3n) is 2.63. The Morgan fingerprint density at radius 2 is 2.29 bits per heavy atom. The van der Waals surface area contributed by atoms with Gasteiger partial charge in [-0.25, -0.2) is 0 Å².